The number of nitrogens with zero attached hydrogens (tertiary/aromatic N) is 2. The largest absolute Gasteiger partial charge is 0.501 e. The van der Waals surface area contributed by atoms with Gasteiger partial charge in [-0.1, -0.05) is 132 Å². The Morgan fingerprint density at radius 2 is 1.44 bits per heavy atom. The van der Waals surface area contributed by atoms with Crippen LogP contribution in [0.1, 0.15) is 154 Å². The van der Waals surface area contributed by atoms with Gasteiger partial charge in [0.2, 0.25) is 0 Å². The molecule has 64 heavy (non-hydrogen) atoms. The Balaban J connectivity index is 0.000000252. The zero-order chi connectivity index (χ0) is 53.6. The van der Waals surface area contributed by atoms with Crippen LogP contribution in [0.2, 0.25) is 0 Å². The molecular weight excluding hydrogens is 957 g/mol. The molecule has 2 aliphatic carbocycles. The fourth-order valence-corrected chi connectivity index (χ4v) is 9.80. The van der Waals surface area contributed by atoms with Crippen molar-refractivity contribution in [3.63, 3.8) is 0 Å². The van der Waals surface area contributed by atoms with Crippen LogP contribution in [0.4, 0.5) is 0 Å². The molecule has 1 radical (unpaired) electrons. The van der Waals surface area contributed by atoms with E-state index in [2.05, 4.69) is 64.6 Å². The third kappa shape index (κ3) is 9.95. The minimum absolute atomic E-state index is 0. The second kappa shape index (κ2) is 18.3. The van der Waals surface area contributed by atoms with E-state index in [0.717, 1.165) is 61.9 Å². The van der Waals surface area contributed by atoms with Crippen molar-refractivity contribution in [2.45, 2.75) is 139 Å². The fourth-order valence-electron chi connectivity index (χ4n) is 9.80. The maximum Gasteiger partial charge on any atom is 0.121 e. The van der Waals surface area contributed by atoms with Gasteiger partial charge in [0.15, 0.2) is 0 Å². The first-order valence-corrected chi connectivity index (χ1v) is 22.7. The standard InChI is InChI=1S/C42H44NO.C18H22N.Ir/c1-27-26-43-38(23-32(27)25-41(2,3)4)35-10-8-9-34-37-22-31-12-11-30-21-29(13-14-33(30)36(31)24-39(37)44-40(34)35)28-15-19-42(20-16-28)17-6-5-7-18-42;1-13-6-8-15(9-7-13)17-10-14(2)16(12-19-17)11-18(3,4)5;/h8-9,11-14,21-24,26,28H,5-7,15-20,25H2,1-4H3;6-8,10,12H,11H2,1-5H3;/q2*-1;/i1D3,25D2,28D;1D3,11D2;. The fraction of sp³-hybridized carbons (Fsp3) is 0.400. The third-order valence-electron chi connectivity index (χ3n) is 13.0. The Bertz CT molecular complexity index is 3400. The summed E-state index contributed by atoms with van der Waals surface area (Å²) in [5, 5.41) is 6.26. The molecular formula is C60H66IrN2O-2. The van der Waals surface area contributed by atoms with Crippen molar-refractivity contribution in [3.8, 4) is 22.5 Å². The van der Waals surface area contributed by atoms with Gasteiger partial charge in [0.05, 0.1) is 5.58 Å². The minimum atomic E-state index is -2.52. The van der Waals surface area contributed by atoms with Crippen LogP contribution in [-0.4, -0.2) is 9.97 Å². The van der Waals surface area contributed by atoms with Crippen LogP contribution in [0.5, 0.6) is 0 Å². The van der Waals surface area contributed by atoms with Crippen molar-refractivity contribution in [2.24, 2.45) is 16.2 Å². The summed E-state index contributed by atoms with van der Waals surface area (Å²) in [5.41, 5.74) is 5.42. The molecule has 2 aliphatic rings. The van der Waals surface area contributed by atoms with Crippen molar-refractivity contribution in [2.75, 3.05) is 0 Å². The first-order chi connectivity index (χ1) is 34.4. The van der Waals surface area contributed by atoms with Gasteiger partial charge in [-0.15, -0.1) is 53.6 Å². The van der Waals surface area contributed by atoms with Crippen LogP contribution < -0.4 is 0 Å². The predicted octanol–water partition coefficient (Wildman–Crippen LogP) is 17.0. The van der Waals surface area contributed by atoms with Crippen LogP contribution >= 0.6 is 0 Å². The summed E-state index contributed by atoms with van der Waals surface area (Å²) in [5.74, 6) is -0.538. The summed E-state index contributed by atoms with van der Waals surface area (Å²) in [6.45, 7) is 8.09. The molecule has 2 fully saturated rings. The molecule has 3 heterocycles. The van der Waals surface area contributed by atoms with Gasteiger partial charge in [-0.2, -0.15) is 0 Å². The zero-order valence-electron chi connectivity index (χ0n) is 49.2. The molecule has 0 unspecified atom stereocenters. The second-order valence-corrected chi connectivity index (χ2v) is 20.2. The molecule has 0 amide bonds. The molecule has 3 aromatic heterocycles. The van der Waals surface area contributed by atoms with E-state index in [1.807, 2.05) is 45.9 Å². The van der Waals surface area contributed by atoms with Crippen molar-refractivity contribution in [1.29, 1.82) is 0 Å². The normalized spacial score (nSPS) is 19.6. The SMILES string of the molecule is [2H]C([2H])([2H])c1c[c-]c(-c2cc(C)c(C([2H])([2H])C(C)(C)C)cn2)cc1.[2H]C([2H])([2H])c1cnc(-c2[c-]ccc3c2oc2cc4c(ccc5cc(C6([2H])CCC7(CCCCC7)CC6)ccc54)cc23)cc1C([2H])([2H])C(C)(C)C.[Ir]. The Labute approximate surface area is 411 Å². The number of aromatic nitrogens is 2. The van der Waals surface area contributed by atoms with Gasteiger partial charge >= 0.3 is 0 Å². The van der Waals surface area contributed by atoms with E-state index in [1.54, 1.807) is 45.2 Å². The van der Waals surface area contributed by atoms with E-state index in [1.165, 1.54) is 57.2 Å². The molecule has 1 spiro atoms. The van der Waals surface area contributed by atoms with Gasteiger partial charge in [0, 0.05) is 53.0 Å². The van der Waals surface area contributed by atoms with E-state index in [-0.39, 0.29) is 36.8 Å². The van der Waals surface area contributed by atoms with E-state index in [0.29, 0.717) is 39.1 Å². The van der Waals surface area contributed by atoms with E-state index in [9.17, 15) is 1.37 Å². The van der Waals surface area contributed by atoms with Crippen molar-refractivity contribution >= 4 is 43.5 Å². The van der Waals surface area contributed by atoms with Gasteiger partial charge < -0.3 is 14.4 Å². The maximum atomic E-state index is 9.51. The van der Waals surface area contributed by atoms with E-state index in [4.69, 9.17) is 18.1 Å². The van der Waals surface area contributed by atoms with E-state index < -0.39 is 43.2 Å². The Kier molecular flexibility index (Phi) is 9.68. The van der Waals surface area contributed by atoms with Crippen molar-refractivity contribution in [1.82, 2.24) is 9.97 Å². The van der Waals surface area contributed by atoms with Crippen molar-refractivity contribution in [3.05, 3.63) is 143 Å². The second-order valence-electron chi connectivity index (χ2n) is 20.2. The summed E-state index contributed by atoms with van der Waals surface area (Å²) in [6.07, 6.45) is 10.3. The molecule has 5 aromatic carbocycles. The maximum absolute atomic E-state index is 9.51. The molecule has 10 rings (SSSR count). The van der Waals surface area contributed by atoms with Crippen LogP contribution in [0.3, 0.4) is 0 Å². The van der Waals surface area contributed by atoms with Gasteiger partial charge in [-0.05, 0) is 149 Å². The van der Waals surface area contributed by atoms with Gasteiger partial charge in [0.25, 0.3) is 0 Å². The number of hydrogen-bond donors (Lipinski definition) is 0. The molecule has 0 N–H and O–H groups in total. The van der Waals surface area contributed by atoms with Crippen LogP contribution in [0.25, 0.3) is 66.0 Å². The van der Waals surface area contributed by atoms with Gasteiger partial charge in [-0.25, -0.2) is 0 Å². The van der Waals surface area contributed by atoms with Crippen LogP contribution in [0, 0.1) is 49.0 Å². The molecule has 0 bridgehead atoms. The quantitative estimate of drug-likeness (QED) is 0.127. The Morgan fingerprint density at radius 3 is 2.12 bits per heavy atom. The predicted molar refractivity (Wildman–Crippen MR) is 267 cm³/mol. The first-order valence-electron chi connectivity index (χ1n) is 28.2. The summed E-state index contributed by atoms with van der Waals surface area (Å²) in [7, 11) is 0. The third-order valence-corrected chi connectivity index (χ3v) is 13.0. The zero-order valence-corrected chi connectivity index (χ0v) is 40.6. The van der Waals surface area contributed by atoms with Crippen LogP contribution in [-0.2, 0) is 32.9 Å². The molecule has 2 saturated carbocycles. The topological polar surface area (TPSA) is 38.9 Å². The Hall–Kier alpha value is -4.63. The summed E-state index contributed by atoms with van der Waals surface area (Å²) < 4.78 is 97.3. The van der Waals surface area contributed by atoms with Crippen LogP contribution in [0.15, 0.2) is 102 Å². The molecule has 4 heteroatoms. The number of fused-ring (bicyclic) bond motifs is 6. The number of pyridine rings is 2. The first kappa shape index (κ1) is 33.8. The summed E-state index contributed by atoms with van der Waals surface area (Å²) in [6, 6.07) is 33.2. The Morgan fingerprint density at radius 1 is 0.703 bits per heavy atom. The van der Waals surface area contributed by atoms with Gasteiger partial charge in [0.1, 0.15) is 5.58 Å². The molecule has 0 atom stereocenters. The number of hydrogen-bond acceptors (Lipinski definition) is 3. The number of furan rings is 1. The van der Waals surface area contributed by atoms with E-state index >= 15 is 0 Å². The number of benzene rings is 5. The number of rotatable bonds is 5. The minimum Gasteiger partial charge on any atom is -0.501 e. The smallest absolute Gasteiger partial charge is 0.121 e. The molecule has 8 aromatic rings. The molecule has 0 aliphatic heterocycles. The van der Waals surface area contributed by atoms with Gasteiger partial charge in [-0.3, -0.25) is 0 Å². The average molecular weight is 1030 g/mol. The number of aryl methyl sites for hydroxylation is 3. The summed E-state index contributed by atoms with van der Waals surface area (Å²) >= 11 is 0. The van der Waals surface area contributed by atoms with Crippen molar-refractivity contribution < 1.29 is 39.6 Å². The monoisotopic (exact) mass is 1030 g/mol. The molecule has 333 valence electrons. The summed E-state index contributed by atoms with van der Waals surface area (Å²) in [4.78, 5) is 8.90. The molecule has 0 saturated heterocycles. The molecule has 3 nitrogen and oxygen atoms in total. The average Bonchev–Trinajstić information content (AvgIpc) is 3.71.